The lowest BCUT2D eigenvalue weighted by Gasteiger charge is -2.32. The van der Waals surface area contributed by atoms with Crippen molar-refractivity contribution in [2.45, 2.75) is 26.7 Å². The molecule has 2 aromatic heterocycles. The minimum absolute atomic E-state index is 0.247. The van der Waals surface area contributed by atoms with Crippen LogP contribution < -0.4 is 10.2 Å². The number of aromatic nitrogens is 2. The van der Waals surface area contributed by atoms with Gasteiger partial charge >= 0.3 is 0 Å². The van der Waals surface area contributed by atoms with Crippen molar-refractivity contribution >= 4 is 46.1 Å². The fourth-order valence-corrected chi connectivity index (χ4v) is 4.19. The van der Waals surface area contributed by atoms with Gasteiger partial charge in [-0.15, -0.1) is 0 Å². The van der Waals surface area contributed by atoms with Crippen LogP contribution in [0.4, 0.5) is 11.4 Å². The lowest BCUT2D eigenvalue weighted by Crippen LogP contribution is -2.32. The summed E-state index contributed by atoms with van der Waals surface area (Å²) >= 11 is 12.3. The van der Waals surface area contributed by atoms with Crippen molar-refractivity contribution in [2.24, 2.45) is 5.92 Å². The fraction of sp³-hybridized carbons (Fsp3) is 0.333. The molecule has 1 aliphatic rings. The summed E-state index contributed by atoms with van der Waals surface area (Å²) in [6.45, 7) is 6.25. The third-order valence-electron chi connectivity index (χ3n) is 5.31. The molecule has 1 aromatic carbocycles. The van der Waals surface area contributed by atoms with E-state index < -0.39 is 0 Å². The number of rotatable bonds is 3. The third-order valence-corrected chi connectivity index (χ3v) is 5.79. The van der Waals surface area contributed by atoms with Crippen molar-refractivity contribution < 1.29 is 4.79 Å². The number of carbonyl (C=O) groups excluding carboxylic acids is 1. The maximum atomic E-state index is 12.9. The minimum Gasteiger partial charge on any atom is -0.372 e. The van der Waals surface area contributed by atoms with Gasteiger partial charge in [0, 0.05) is 30.7 Å². The molecule has 0 bridgehead atoms. The molecule has 0 atom stereocenters. The van der Waals surface area contributed by atoms with Gasteiger partial charge in [0.15, 0.2) is 5.65 Å². The van der Waals surface area contributed by atoms with Crippen LogP contribution in [-0.2, 0) is 0 Å². The summed E-state index contributed by atoms with van der Waals surface area (Å²) < 4.78 is 1.64. The molecule has 0 saturated carbocycles. The van der Waals surface area contributed by atoms with E-state index in [0.29, 0.717) is 27.1 Å². The third kappa shape index (κ3) is 3.69. The van der Waals surface area contributed by atoms with E-state index in [1.165, 1.54) is 18.5 Å². The number of hydrogen-bond acceptors (Lipinski definition) is 3. The standard InChI is InChI=1S/C21H22Cl2N4O/c1-13-7-9-26(10-8-13)17-5-3-16(4-6-17)25-21(28)19-14(2)24-20-18(23)11-15(22)12-27(19)20/h3-6,11-13H,7-10H2,1-2H3,(H,25,28). The summed E-state index contributed by atoms with van der Waals surface area (Å²) in [7, 11) is 0. The second kappa shape index (κ2) is 7.64. The van der Waals surface area contributed by atoms with Crippen LogP contribution in [0.5, 0.6) is 0 Å². The number of carbonyl (C=O) groups is 1. The summed E-state index contributed by atoms with van der Waals surface area (Å²) in [5.41, 5.74) is 3.47. The Kier molecular flexibility index (Phi) is 5.21. The van der Waals surface area contributed by atoms with E-state index >= 15 is 0 Å². The predicted octanol–water partition coefficient (Wildman–Crippen LogP) is 5.44. The molecule has 1 saturated heterocycles. The second-order valence-corrected chi connectivity index (χ2v) is 8.26. The van der Waals surface area contributed by atoms with Gasteiger partial charge in [0.25, 0.3) is 5.91 Å². The molecule has 28 heavy (non-hydrogen) atoms. The minimum atomic E-state index is -0.247. The molecule has 4 rings (SSSR count). The smallest absolute Gasteiger partial charge is 0.274 e. The maximum absolute atomic E-state index is 12.9. The van der Waals surface area contributed by atoms with E-state index in [0.717, 1.165) is 24.7 Å². The Morgan fingerprint density at radius 2 is 1.86 bits per heavy atom. The highest BCUT2D eigenvalue weighted by atomic mass is 35.5. The van der Waals surface area contributed by atoms with Crippen molar-refractivity contribution in [3.05, 3.63) is 58.0 Å². The number of nitrogens with zero attached hydrogens (tertiary/aromatic N) is 3. The summed E-state index contributed by atoms with van der Waals surface area (Å²) in [4.78, 5) is 19.7. The number of aryl methyl sites for hydroxylation is 1. The SMILES string of the molecule is Cc1nc2c(Cl)cc(Cl)cn2c1C(=O)Nc1ccc(N2CCC(C)CC2)cc1. The van der Waals surface area contributed by atoms with Crippen LogP contribution in [0.1, 0.15) is 35.9 Å². The first-order chi connectivity index (χ1) is 13.4. The van der Waals surface area contributed by atoms with E-state index in [1.54, 1.807) is 23.6 Å². The molecule has 1 fully saturated rings. The van der Waals surface area contributed by atoms with E-state index in [-0.39, 0.29) is 5.91 Å². The van der Waals surface area contributed by atoms with Gasteiger partial charge in [0.2, 0.25) is 0 Å². The van der Waals surface area contributed by atoms with Crippen molar-refractivity contribution in [3.63, 3.8) is 0 Å². The van der Waals surface area contributed by atoms with Gasteiger partial charge < -0.3 is 10.2 Å². The molecule has 0 radical (unpaired) electrons. The second-order valence-electron chi connectivity index (χ2n) is 7.42. The van der Waals surface area contributed by atoms with Gasteiger partial charge in [-0.25, -0.2) is 4.98 Å². The lowest BCUT2D eigenvalue weighted by atomic mass is 9.99. The highest BCUT2D eigenvalue weighted by Crippen LogP contribution is 2.26. The lowest BCUT2D eigenvalue weighted by molar-refractivity contribution is 0.102. The number of piperidine rings is 1. The first kappa shape index (κ1) is 19.1. The van der Waals surface area contributed by atoms with E-state index in [9.17, 15) is 4.79 Å². The summed E-state index contributed by atoms with van der Waals surface area (Å²) in [5.74, 6) is 0.549. The van der Waals surface area contributed by atoms with Crippen LogP contribution >= 0.6 is 23.2 Å². The van der Waals surface area contributed by atoms with Crippen molar-refractivity contribution in [1.29, 1.82) is 0 Å². The molecular weight excluding hydrogens is 395 g/mol. The van der Waals surface area contributed by atoms with Crippen LogP contribution in [0, 0.1) is 12.8 Å². The molecular formula is C21H22Cl2N4O. The average Bonchev–Trinajstić information content (AvgIpc) is 2.99. The Morgan fingerprint density at radius 3 is 2.54 bits per heavy atom. The number of pyridine rings is 1. The largest absolute Gasteiger partial charge is 0.372 e. The fourth-order valence-electron chi connectivity index (χ4n) is 3.67. The van der Waals surface area contributed by atoms with Crippen LogP contribution in [-0.4, -0.2) is 28.4 Å². The number of fused-ring (bicyclic) bond motifs is 1. The van der Waals surface area contributed by atoms with Crippen LogP contribution in [0.2, 0.25) is 10.0 Å². The summed E-state index contributed by atoms with van der Waals surface area (Å²) in [6.07, 6.45) is 4.09. The van der Waals surface area contributed by atoms with E-state index in [1.807, 2.05) is 12.1 Å². The molecule has 0 unspecified atom stereocenters. The molecule has 3 aromatic rings. The first-order valence-corrected chi connectivity index (χ1v) is 10.2. The van der Waals surface area contributed by atoms with E-state index in [4.69, 9.17) is 23.2 Å². The highest BCUT2D eigenvalue weighted by Gasteiger charge is 2.20. The molecule has 1 aliphatic heterocycles. The molecule has 1 N–H and O–H groups in total. The molecule has 7 heteroatoms. The van der Waals surface area contributed by atoms with Crippen molar-refractivity contribution in [1.82, 2.24) is 9.38 Å². The van der Waals surface area contributed by atoms with Gasteiger partial charge in [-0.1, -0.05) is 30.1 Å². The molecule has 0 aliphatic carbocycles. The Balaban J connectivity index is 1.54. The number of amides is 1. The highest BCUT2D eigenvalue weighted by molar-refractivity contribution is 6.36. The zero-order valence-corrected chi connectivity index (χ0v) is 17.4. The monoisotopic (exact) mass is 416 g/mol. The van der Waals surface area contributed by atoms with Crippen LogP contribution in [0.15, 0.2) is 36.5 Å². The molecule has 5 nitrogen and oxygen atoms in total. The van der Waals surface area contributed by atoms with Crippen LogP contribution in [0.25, 0.3) is 5.65 Å². The number of halogens is 2. The van der Waals surface area contributed by atoms with Gasteiger partial charge in [-0.2, -0.15) is 0 Å². The summed E-state index contributed by atoms with van der Waals surface area (Å²) in [6, 6.07) is 9.60. The maximum Gasteiger partial charge on any atom is 0.274 e. The van der Waals surface area contributed by atoms with Gasteiger partial charge in [-0.05, 0) is 56.0 Å². The number of anilines is 2. The Labute approximate surface area is 174 Å². The van der Waals surface area contributed by atoms with Crippen molar-refractivity contribution in [3.8, 4) is 0 Å². The predicted molar refractivity (Wildman–Crippen MR) is 115 cm³/mol. The molecule has 146 valence electrons. The molecule has 0 spiro atoms. The average molecular weight is 417 g/mol. The van der Waals surface area contributed by atoms with Gasteiger partial charge in [0.05, 0.1) is 15.7 Å². The first-order valence-electron chi connectivity index (χ1n) is 9.42. The Bertz CT molecular complexity index is 1020. The van der Waals surface area contributed by atoms with Gasteiger partial charge in [-0.3, -0.25) is 9.20 Å². The molecule has 3 heterocycles. The molecule has 1 amide bonds. The Morgan fingerprint density at radius 1 is 1.18 bits per heavy atom. The quantitative estimate of drug-likeness (QED) is 0.618. The number of hydrogen-bond donors (Lipinski definition) is 1. The zero-order valence-electron chi connectivity index (χ0n) is 15.9. The zero-order chi connectivity index (χ0) is 19.8. The number of nitrogens with one attached hydrogen (secondary N) is 1. The number of imidazole rings is 1. The topological polar surface area (TPSA) is 49.6 Å². The normalized spacial score (nSPS) is 15.2. The summed E-state index contributed by atoms with van der Waals surface area (Å²) in [5, 5.41) is 3.81. The van der Waals surface area contributed by atoms with Crippen LogP contribution in [0.3, 0.4) is 0 Å². The van der Waals surface area contributed by atoms with Crippen molar-refractivity contribution in [2.75, 3.05) is 23.3 Å². The number of benzene rings is 1. The van der Waals surface area contributed by atoms with Gasteiger partial charge in [0.1, 0.15) is 5.69 Å². The van der Waals surface area contributed by atoms with E-state index in [2.05, 4.69) is 34.3 Å². The Hall–Kier alpha value is -2.24.